The van der Waals surface area contributed by atoms with Gasteiger partial charge in [0.2, 0.25) is 0 Å². The number of anilines is 2. The lowest BCUT2D eigenvalue weighted by Crippen LogP contribution is -2.52. The monoisotopic (exact) mass is 275 g/mol. The van der Waals surface area contributed by atoms with E-state index in [4.69, 9.17) is 5.73 Å². The number of piperidine rings is 2. The molecule has 2 fully saturated rings. The van der Waals surface area contributed by atoms with Gasteiger partial charge in [-0.3, -0.25) is 0 Å². The average molecular weight is 275 g/mol. The summed E-state index contributed by atoms with van der Waals surface area (Å²) in [6.45, 7) is 3.89. The third-order valence-electron chi connectivity index (χ3n) is 4.98. The van der Waals surface area contributed by atoms with Crippen LogP contribution in [0.3, 0.4) is 0 Å². The lowest BCUT2D eigenvalue weighted by atomic mass is 9.82. The lowest BCUT2D eigenvalue weighted by Gasteiger charge is -2.47. The molecule has 20 heavy (non-hydrogen) atoms. The molecule has 0 aliphatic carbocycles. The van der Waals surface area contributed by atoms with E-state index in [9.17, 15) is 0 Å². The molecular weight excluding hydrogens is 250 g/mol. The van der Waals surface area contributed by atoms with Crippen LogP contribution >= 0.6 is 0 Å². The van der Waals surface area contributed by atoms with Gasteiger partial charge >= 0.3 is 0 Å². The van der Waals surface area contributed by atoms with Crippen LogP contribution in [0.4, 0.5) is 11.6 Å². The van der Waals surface area contributed by atoms with Crippen molar-refractivity contribution in [3.63, 3.8) is 0 Å². The van der Waals surface area contributed by atoms with Gasteiger partial charge < -0.3 is 16.0 Å². The maximum atomic E-state index is 5.94. The highest BCUT2D eigenvalue weighted by Crippen LogP contribution is 2.34. The number of hydrogen-bond donors (Lipinski definition) is 2. The van der Waals surface area contributed by atoms with Gasteiger partial charge in [0.25, 0.3) is 0 Å². The zero-order valence-corrected chi connectivity index (χ0v) is 12.7. The molecule has 1 aromatic rings. The summed E-state index contributed by atoms with van der Waals surface area (Å²) in [6.07, 6.45) is 6.44. The maximum absolute atomic E-state index is 5.94. The van der Waals surface area contributed by atoms with Crippen molar-refractivity contribution in [2.45, 2.75) is 64.1 Å². The topological polar surface area (TPSA) is 67.1 Å². The van der Waals surface area contributed by atoms with E-state index in [0.29, 0.717) is 11.9 Å². The number of nitrogen functional groups attached to an aromatic ring is 1. The Labute approximate surface area is 121 Å². The molecule has 0 saturated carbocycles. The minimum Gasteiger partial charge on any atom is -0.383 e. The number of fused-ring (bicyclic) bond motifs is 2. The molecule has 5 nitrogen and oxygen atoms in total. The number of aromatic nitrogens is 2. The maximum Gasteiger partial charge on any atom is 0.134 e. The summed E-state index contributed by atoms with van der Waals surface area (Å²) in [5.41, 5.74) is 6.91. The molecular formula is C15H25N5. The molecule has 2 saturated heterocycles. The van der Waals surface area contributed by atoms with E-state index >= 15 is 0 Å². The molecule has 110 valence electrons. The van der Waals surface area contributed by atoms with Crippen molar-refractivity contribution in [1.82, 2.24) is 14.9 Å². The van der Waals surface area contributed by atoms with Crippen LogP contribution in [0.5, 0.6) is 0 Å². The summed E-state index contributed by atoms with van der Waals surface area (Å²) >= 11 is 0. The first-order chi connectivity index (χ1) is 9.54. The first kappa shape index (κ1) is 13.6. The van der Waals surface area contributed by atoms with Crippen molar-refractivity contribution >= 4 is 11.6 Å². The molecule has 0 amide bonds. The van der Waals surface area contributed by atoms with Crippen LogP contribution in [0.1, 0.15) is 43.5 Å². The van der Waals surface area contributed by atoms with Crippen molar-refractivity contribution in [2.75, 3.05) is 18.1 Å². The molecule has 0 radical (unpaired) electrons. The number of nitrogens with one attached hydrogen (secondary N) is 1. The van der Waals surface area contributed by atoms with Gasteiger partial charge in [-0.1, -0.05) is 6.42 Å². The molecule has 0 spiro atoms. The summed E-state index contributed by atoms with van der Waals surface area (Å²) in [5, 5.41) is 3.62. The van der Waals surface area contributed by atoms with E-state index in [1.807, 2.05) is 13.8 Å². The summed E-state index contributed by atoms with van der Waals surface area (Å²) < 4.78 is 0. The van der Waals surface area contributed by atoms with E-state index in [1.54, 1.807) is 0 Å². The normalized spacial score (nSPS) is 30.2. The molecule has 3 rings (SSSR count). The van der Waals surface area contributed by atoms with Crippen LogP contribution in [-0.2, 0) is 0 Å². The molecule has 1 aromatic heterocycles. The highest BCUT2D eigenvalue weighted by Gasteiger charge is 2.36. The highest BCUT2D eigenvalue weighted by molar-refractivity contribution is 5.55. The van der Waals surface area contributed by atoms with Gasteiger partial charge in [-0.25, -0.2) is 9.97 Å². The van der Waals surface area contributed by atoms with E-state index < -0.39 is 0 Å². The van der Waals surface area contributed by atoms with Crippen LogP contribution in [0, 0.1) is 13.8 Å². The number of hydrogen-bond acceptors (Lipinski definition) is 5. The number of rotatable bonds is 2. The molecule has 0 aromatic carbocycles. The molecule has 3 N–H and O–H groups in total. The Hall–Kier alpha value is -1.36. The van der Waals surface area contributed by atoms with Gasteiger partial charge in [0, 0.05) is 23.7 Å². The Morgan fingerprint density at radius 3 is 2.45 bits per heavy atom. The molecule has 2 unspecified atom stereocenters. The van der Waals surface area contributed by atoms with Crippen LogP contribution in [0.2, 0.25) is 0 Å². The Morgan fingerprint density at radius 1 is 1.15 bits per heavy atom. The second kappa shape index (κ2) is 5.20. The Morgan fingerprint density at radius 2 is 1.80 bits per heavy atom. The van der Waals surface area contributed by atoms with E-state index in [-0.39, 0.29) is 0 Å². The van der Waals surface area contributed by atoms with Crippen molar-refractivity contribution in [2.24, 2.45) is 0 Å². The highest BCUT2D eigenvalue weighted by atomic mass is 15.2. The summed E-state index contributed by atoms with van der Waals surface area (Å²) in [5.74, 6) is 2.25. The van der Waals surface area contributed by atoms with Gasteiger partial charge in [-0.2, -0.15) is 0 Å². The first-order valence-electron chi connectivity index (χ1n) is 7.63. The fourth-order valence-electron chi connectivity index (χ4n) is 3.72. The van der Waals surface area contributed by atoms with E-state index in [0.717, 1.165) is 29.3 Å². The molecule has 5 heteroatoms. The lowest BCUT2D eigenvalue weighted by molar-refractivity contribution is 0.0608. The van der Waals surface area contributed by atoms with Gasteiger partial charge in [0.05, 0.1) is 0 Å². The first-order valence-corrected chi connectivity index (χ1v) is 7.63. The van der Waals surface area contributed by atoms with E-state index in [1.165, 1.54) is 32.1 Å². The van der Waals surface area contributed by atoms with Crippen LogP contribution < -0.4 is 11.1 Å². The summed E-state index contributed by atoms with van der Waals surface area (Å²) in [4.78, 5) is 11.3. The predicted octanol–water partition coefficient (Wildman–Crippen LogP) is 2.10. The van der Waals surface area contributed by atoms with Crippen molar-refractivity contribution in [1.29, 1.82) is 0 Å². The molecule has 2 aliphatic heterocycles. The summed E-state index contributed by atoms with van der Waals surface area (Å²) in [7, 11) is 2.28. The smallest absolute Gasteiger partial charge is 0.134 e. The largest absolute Gasteiger partial charge is 0.383 e. The predicted molar refractivity (Wildman–Crippen MR) is 81.8 cm³/mol. The second-order valence-electron chi connectivity index (χ2n) is 6.35. The van der Waals surface area contributed by atoms with Crippen molar-refractivity contribution in [3.05, 3.63) is 11.4 Å². The molecule has 2 aliphatic rings. The van der Waals surface area contributed by atoms with Gasteiger partial charge in [0.15, 0.2) is 0 Å². The molecule has 2 bridgehead atoms. The van der Waals surface area contributed by atoms with Crippen LogP contribution in [0.15, 0.2) is 0 Å². The second-order valence-corrected chi connectivity index (χ2v) is 6.35. The summed E-state index contributed by atoms with van der Waals surface area (Å²) in [6, 6.07) is 1.95. The van der Waals surface area contributed by atoms with E-state index in [2.05, 4.69) is 27.2 Å². The van der Waals surface area contributed by atoms with Crippen LogP contribution in [-0.4, -0.2) is 40.0 Å². The zero-order valence-electron chi connectivity index (χ0n) is 12.7. The van der Waals surface area contributed by atoms with Gasteiger partial charge in [0.1, 0.15) is 17.5 Å². The number of nitrogens with two attached hydrogens (primary N) is 1. The number of nitrogens with zero attached hydrogens (tertiary/aromatic N) is 3. The third-order valence-corrected chi connectivity index (χ3v) is 4.98. The average Bonchev–Trinajstić information content (AvgIpc) is 2.36. The minimum absolute atomic E-state index is 0.508. The quantitative estimate of drug-likeness (QED) is 0.865. The Bertz CT molecular complexity index is 487. The number of aryl methyl sites for hydroxylation is 1. The Balaban J connectivity index is 1.76. The van der Waals surface area contributed by atoms with Crippen molar-refractivity contribution in [3.8, 4) is 0 Å². The fraction of sp³-hybridized carbons (Fsp3) is 0.733. The SMILES string of the molecule is Cc1nc(N)c(C)c(NC2CC3CCCC(C2)N3C)n1. The molecule has 3 heterocycles. The minimum atomic E-state index is 0.508. The van der Waals surface area contributed by atoms with Gasteiger partial charge in [-0.05, 0) is 46.6 Å². The van der Waals surface area contributed by atoms with Crippen molar-refractivity contribution < 1.29 is 0 Å². The third kappa shape index (κ3) is 2.46. The molecule has 2 atom stereocenters. The zero-order chi connectivity index (χ0) is 14.3. The van der Waals surface area contributed by atoms with Gasteiger partial charge in [-0.15, -0.1) is 0 Å². The fourth-order valence-corrected chi connectivity index (χ4v) is 3.72. The Kier molecular flexibility index (Phi) is 3.54. The van der Waals surface area contributed by atoms with Crippen LogP contribution in [0.25, 0.3) is 0 Å². The standard InChI is InChI=1S/C15H25N5/c1-9-14(16)17-10(2)18-15(9)19-11-7-12-5-4-6-13(8-11)20(12)3/h11-13H,4-8H2,1-3H3,(H3,16,17,18,19).